The average Bonchev–Trinajstić information content (AvgIpc) is 3.63. The van der Waals surface area contributed by atoms with Crippen molar-refractivity contribution in [1.82, 2.24) is 0 Å². The van der Waals surface area contributed by atoms with Gasteiger partial charge in [-0.1, -0.05) is 41.5 Å². The van der Waals surface area contributed by atoms with Crippen LogP contribution in [0.3, 0.4) is 0 Å². The molecular weight excluding hydrogens is 544 g/mol. The molecule has 10 heteroatoms. The van der Waals surface area contributed by atoms with Crippen molar-refractivity contribution in [2.45, 2.75) is 85.4 Å². The van der Waals surface area contributed by atoms with Crippen molar-refractivity contribution in [3.05, 3.63) is 53.4 Å². The molecule has 42 heavy (non-hydrogen) atoms. The number of carboxylic acid groups (broad SMARTS) is 1. The lowest BCUT2D eigenvalue weighted by atomic mass is 9.61. The number of carboxylic acids is 1. The molecule has 2 aliphatic rings. The second-order valence-electron chi connectivity index (χ2n) is 12.3. The number of cyclic esters (lactones) is 1. The van der Waals surface area contributed by atoms with Crippen molar-refractivity contribution in [3.63, 3.8) is 0 Å². The maximum Gasteiger partial charge on any atom is 0.331 e. The fourth-order valence-electron chi connectivity index (χ4n) is 6.40. The Bertz CT molecular complexity index is 1360. The molecule has 0 saturated carbocycles. The minimum atomic E-state index is -0.996. The van der Waals surface area contributed by atoms with Gasteiger partial charge < -0.3 is 28.2 Å². The Hall–Kier alpha value is -3.82. The molecule has 10 nitrogen and oxygen atoms in total. The van der Waals surface area contributed by atoms with Crippen molar-refractivity contribution >= 4 is 29.5 Å². The van der Waals surface area contributed by atoms with Crippen LogP contribution >= 0.6 is 0 Å². The molecule has 2 aromatic heterocycles. The maximum absolute atomic E-state index is 13.1. The zero-order valence-electron chi connectivity index (χ0n) is 25.2. The molecule has 0 amide bonds. The highest BCUT2D eigenvalue weighted by Gasteiger charge is 2.53. The fourth-order valence-corrected chi connectivity index (χ4v) is 6.40. The van der Waals surface area contributed by atoms with E-state index in [4.69, 9.17) is 23.0 Å². The van der Waals surface area contributed by atoms with E-state index in [2.05, 4.69) is 0 Å². The molecule has 0 saturated heterocycles. The first-order valence-electron chi connectivity index (χ1n) is 14.3. The molecule has 1 aliphatic carbocycles. The van der Waals surface area contributed by atoms with Crippen LogP contribution in [0.4, 0.5) is 0 Å². The zero-order chi connectivity index (χ0) is 31.0. The van der Waals surface area contributed by atoms with Gasteiger partial charge in [0.25, 0.3) is 0 Å². The smallest absolute Gasteiger partial charge is 0.331 e. The molecule has 0 unspecified atom stereocenters. The third kappa shape index (κ3) is 5.63. The number of fused-ring (bicyclic) bond motifs is 1. The molecule has 3 heterocycles. The first kappa shape index (κ1) is 31.1. The van der Waals surface area contributed by atoms with E-state index in [9.17, 15) is 24.3 Å². The molecule has 1 aliphatic heterocycles. The first-order valence-corrected chi connectivity index (χ1v) is 14.3. The summed E-state index contributed by atoms with van der Waals surface area (Å²) in [5, 5.41) is 9.56. The monoisotopic (exact) mass is 584 g/mol. The number of hydrogen-bond acceptors (Lipinski definition) is 9. The molecule has 0 aromatic carbocycles. The Balaban J connectivity index is 1.87. The van der Waals surface area contributed by atoms with Gasteiger partial charge in [-0.25, -0.2) is 4.79 Å². The zero-order valence-corrected chi connectivity index (χ0v) is 25.2. The number of carbonyl (C=O) groups excluding carboxylic acids is 3. The largest absolute Gasteiger partial charge is 0.481 e. The van der Waals surface area contributed by atoms with Gasteiger partial charge in [0, 0.05) is 52.4 Å². The van der Waals surface area contributed by atoms with E-state index in [1.54, 1.807) is 19.1 Å². The van der Waals surface area contributed by atoms with Crippen LogP contribution in [0.25, 0.3) is 5.57 Å². The first-order chi connectivity index (χ1) is 19.7. The lowest BCUT2D eigenvalue weighted by Gasteiger charge is -2.46. The maximum atomic E-state index is 13.1. The van der Waals surface area contributed by atoms with E-state index in [1.807, 2.05) is 34.6 Å². The summed E-state index contributed by atoms with van der Waals surface area (Å²) in [6.07, 6.45) is 3.35. The summed E-state index contributed by atoms with van der Waals surface area (Å²) >= 11 is 0. The molecule has 2 aromatic rings. The number of esters is 3. The van der Waals surface area contributed by atoms with Gasteiger partial charge in [-0.05, 0) is 30.9 Å². The van der Waals surface area contributed by atoms with Crippen LogP contribution in [-0.4, -0.2) is 36.1 Å². The van der Waals surface area contributed by atoms with E-state index in [0.717, 1.165) is 0 Å². The highest BCUT2D eigenvalue weighted by Crippen LogP contribution is 2.59. The van der Waals surface area contributed by atoms with Gasteiger partial charge in [0.05, 0.1) is 25.6 Å². The normalized spacial score (nSPS) is 27.3. The molecule has 0 radical (unpaired) electrons. The number of carbonyl (C=O) groups is 4. The topological polar surface area (TPSA) is 142 Å². The highest BCUT2D eigenvalue weighted by molar-refractivity contribution is 5.94. The third-order valence-corrected chi connectivity index (χ3v) is 9.24. The van der Waals surface area contributed by atoms with E-state index < -0.39 is 35.0 Å². The Kier molecular flexibility index (Phi) is 8.76. The van der Waals surface area contributed by atoms with Gasteiger partial charge in [0.1, 0.15) is 23.7 Å². The summed E-state index contributed by atoms with van der Waals surface area (Å²) in [6, 6.07) is 3.46. The van der Waals surface area contributed by atoms with Gasteiger partial charge in [0.15, 0.2) is 0 Å². The highest BCUT2D eigenvalue weighted by atomic mass is 16.6. The van der Waals surface area contributed by atoms with Crippen LogP contribution in [0, 0.1) is 22.7 Å². The Labute approximate surface area is 245 Å². The summed E-state index contributed by atoms with van der Waals surface area (Å²) in [7, 11) is 1.34. The predicted molar refractivity (Wildman–Crippen MR) is 150 cm³/mol. The van der Waals surface area contributed by atoms with Crippen LogP contribution in [0.1, 0.15) is 108 Å². The fraction of sp³-hybridized carbons (Fsp3) is 0.562. The summed E-state index contributed by atoms with van der Waals surface area (Å²) < 4.78 is 28.7. The number of rotatable bonds is 10. The van der Waals surface area contributed by atoms with Gasteiger partial charge in [-0.2, -0.15) is 0 Å². The summed E-state index contributed by atoms with van der Waals surface area (Å²) in [5.74, 6) is -2.35. The number of aliphatic carboxylic acids is 1. The minimum absolute atomic E-state index is 0.0887. The lowest BCUT2D eigenvalue weighted by molar-refractivity contribution is -0.167. The van der Waals surface area contributed by atoms with Crippen LogP contribution < -0.4 is 0 Å². The minimum Gasteiger partial charge on any atom is -0.481 e. The molecule has 0 spiro atoms. The standard InChI is InChI=1S/C32H40O10/c1-8-17(2)30(37)42-29-20-13-23(40-27(20)18(3)21(31(29,4)5)14-25(35)38-7)22-15-26(36)41-28(19-10-12-39-16-19)32(22,6)11-9-24(33)34/h10,12-13,15-18,21,28-29H,8-9,11,14H2,1-7H3,(H,33,34)/t17-,18+,21+,28-,29-,32+/m0/s1. The van der Waals surface area contributed by atoms with E-state index in [-0.39, 0.29) is 49.0 Å². The van der Waals surface area contributed by atoms with Gasteiger partial charge in [0.2, 0.25) is 0 Å². The SMILES string of the molecule is CC[C@H](C)C(=O)O[C@H]1c2cc(C3=CC(=O)O[C@@H](c4ccoc4)[C@]3(C)CCC(=O)O)oc2[C@H](C)[C@@H](CC(=O)OC)C1(C)C. The second kappa shape index (κ2) is 11.8. The molecule has 1 N–H and O–H groups in total. The van der Waals surface area contributed by atoms with Crippen molar-refractivity contribution in [2.75, 3.05) is 7.11 Å². The van der Waals surface area contributed by atoms with Gasteiger partial charge >= 0.3 is 23.9 Å². The van der Waals surface area contributed by atoms with Crippen LogP contribution in [0.5, 0.6) is 0 Å². The number of furan rings is 2. The van der Waals surface area contributed by atoms with Crippen LogP contribution in [-0.2, 0) is 33.4 Å². The van der Waals surface area contributed by atoms with Crippen molar-refractivity contribution in [2.24, 2.45) is 22.7 Å². The quantitative estimate of drug-likeness (QED) is 0.247. The summed E-state index contributed by atoms with van der Waals surface area (Å²) in [5.41, 5.74) is 0.0363. The van der Waals surface area contributed by atoms with Gasteiger partial charge in [-0.15, -0.1) is 0 Å². The van der Waals surface area contributed by atoms with Crippen molar-refractivity contribution in [1.29, 1.82) is 0 Å². The Morgan fingerprint density at radius 3 is 2.50 bits per heavy atom. The average molecular weight is 585 g/mol. The Morgan fingerprint density at radius 1 is 1.19 bits per heavy atom. The Morgan fingerprint density at radius 2 is 1.90 bits per heavy atom. The van der Waals surface area contributed by atoms with Crippen LogP contribution in [0.15, 0.2) is 39.6 Å². The van der Waals surface area contributed by atoms with E-state index in [0.29, 0.717) is 34.6 Å². The third-order valence-electron chi connectivity index (χ3n) is 9.24. The van der Waals surface area contributed by atoms with Gasteiger partial charge in [-0.3, -0.25) is 14.4 Å². The lowest BCUT2D eigenvalue weighted by Crippen LogP contribution is -2.42. The van der Waals surface area contributed by atoms with Crippen molar-refractivity contribution < 1.29 is 47.3 Å². The van der Waals surface area contributed by atoms with Crippen LogP contribution in [0.2, 0.25) is 0 Å². The molecule has 6 atom stereocenters. The predicted octanol–water partition coefficient (Wildman–Crippen LogP) is 6.38. The van der Waals surface area contributed by atoms with E-state index >= 15 is 0 Å². The number of ether oxygens (including phenoxy) is 3. The summed E-state index contributed by atoms with van der Waals surface area (Å²) in [6.45, 7) is 11.4. The molecule has 4 rings (SSSR count). The molecular formula is C32H40O10. The second-order valence-corrected chi connectivity index (χ2v) is 12.3. The number of methoxy groups -OCH3 is 1. The van der Waals surface area contributed by atoms with Crippen molar-refractivity contribution in [3.8, 4) is 0 Å². The molecule has 228 valence electrons. The summed E-state index contributed by atoms with van der Waals surface area (Å²) in [4.78, 5) is 50.2. The number of hydrogen-bond donors (Lipinski definition) is 1. The molecule has 0 bridgehead atoms. The molecule has 0 fully saturated rings. The van der Waals surface area contributed by atoms with E-state index in [1.165, 1.54) is 25.7 Å².